The van der Waals surface area contributed by atoms with E-state index in [0.717, 1.165) is 0 Å². The van der Waals surface area contributed by atoms with Crippen LogP contribution in [0.5, 0.6) is 0 Å². The molecule has 0 amide bonds. The lowest BCUT2D eigenvalue weighted by atomic mass is 10.2. The van der Waals surface area contributed by atoms with Crippen LogP contribution in [0.25, 0.3) is 0 Å². The van der Waals surface area contributed by atoms with Gasteiger partial charge in [-0.2, -0.15) is 0 Å². The molecule has 0 saturated heterocycles. The van der Waals surface area contributed by atoms with Gasteiger partial charge in [0.15, 0.2) is 11.6 Å². The van der Waals surface area contributed by atoms with E-state index in [1.54, 1.807) is 6.92 Å². The molecule has 0 aliphatic heterocycles. The highest BCUT2D eigenvalue weighted by Gasteiger charge is 1.97. The second-order valence-corrected chi connectivity index (χ2v) is 1.79. The normalized spacial score (nSPS) is 14.4. The van der Waals surface area contributed by atoms with E-state index >= 15 is 0 Å². The predicted molar refractivity (Wildman–Crippen MR) is 41.1 cm³/mol. The van der Waals surface area contributed by atoms with Crippen molar-refractivity contribution < 1.29 is 14.7 Å². The standard InChI is InChI=1S/C6H4O2.C2H6O/c7-5-1-2-6(8)4-3-5;1-2-3/h1-4H;3H,2H2,1H3. The van der Waals surface area contributed by atoms with Crippen LogP contribution in [0.4, 0.5) is 0 Å². The number of aliphatic hydroxyl groups excluding tert-OH is 1. The van der Waals surface area contributed by atoms with E-state index in [4.69, 9.17) is 5.11 Å². The molecule has 0 atom stereocenters. The van der Waals surface area contributed by atoms with Crippen LogP contribution in [0.15, 0.2) is 24.3 Å². The number of hydrogen-bond acceptors (Lipinski definition) is 3. The van der Waals surface area contributed by atoms with Gasteiger partial charge in [-0.05, 0) is 31.2 Å². The summed E-state index contributed by atoms with van der Waals surface area (Å²) in [6, 6.07) is 0. The molecule has 1 rings (SSSR count). The third-order valence-electron chi connectivity index (χ3n) is 0.824. The Labute approximate surface area is 65.0 Å². The first-order valence-corrected chi connectivity index (χ1v) is 3.25. The SMILES string of the molecule is CCO.O=C1C=CC(=O)C=C1. The van der Waals surface area contributed by atoms with E-state index in [1.807, 2.05) is 0 Å². The van der Waals surface area contributed by atoms with Gasteiger partial charge in [0.05, 0.1) is 0 Å². The molecule has 0 aromatic rings. The van der Waals surface area contributed by atoms with Crippen molar-refractivity contribution in [2.45, 2.75) is 6.92 Å². The largest absolute Gasteiger partial charge is 0.397 e. The monoisotopic (exact) mass is 154 g/mol. The zero-order valence-electron chi connectivity index (χ0n) is 6.28. The Morgan fingerprint density at radius 1 is 1.09 bits per heavy atom. The van der Waals surface area contributed by atoms with Gasteiger partial charge in [-0.15, -0.1) is 0 Å². The highest BCUT2D eigenvalue weighted by molar-refractivity contribution is 6.14. The van der Waals surface area contributed by atoms with Crippen LogP contribution in [0, 0.1) is 0 Å². The van der Waals surface area contributed by atoms with Crippen LogP contribution in [0.1, 0.15) is 6.92 Å². The average molecular weight is 154 g/mol. The van der Waals surface area contributed by atoms with Gasteiger partial charge in [0, 0.05) is 6.61 Å². The number of carbonyl (C=O) groups is 2. The molecule has 60 valence electrons. The van der Waals surface area contributed by atoms with Crippen LogP contribution in [-0.2, 0) is 9.59 Å². The van der Waals surface area contributed by atoms with Gasteiger partial charge in [-0.3, -0.25) is 9.59 Å². The molecule has 0 bridgehead atoms. The highest BCUT2D eigenvalue weighted by Crippen LogP contribution is 1.90. The van der Waals surface area contributed by atoms with Gasteiger partial charge >= 0.3 is 0 Å². The van der Waals surface area contributed by atoms with Gasteiger partial charge in [0.2, 0.25) is 0 Å². The Morgan fingerprint density at radius 3 is 1.45 bits per heavy atom. The quantitative estimate of drug-likeness (QED) is 0.509. The van der Waals surface area contributed by atoms with E-state index in [2.05, 4.69) is 0 Å². The fraction of sp³-hybridized carbons (Fsp3) is 0.250. The van der Waals surface area contributed by atoms with Crippen LogP contribution in [0.2, 0.25) is 0 Å². The molecule has 0 spiro atoms. The lowest BCUT2D eigenvalue weighted by Crippen LogP contribution is -1.97. The fourth-order valence-corrected chi connectivity index (χ4v) is 0.440. The van der Waals surface area contributed by atoms with Gasteiger partial charge < -0.3 is 5.11 Å². The predicted octanol–water partition coefficient (Wildman–Crippen LogP) is 0.249. The maximum absolute atomic E-state index is 10.3. The minimum Gasteiger partial charge on any atom is -0.397 e. The summed E-state index contributed by atoms with van der Waals surface area (Å²) in [5, 5.41) is 7.57. The summed E-state index contributed by atoms with van der Waals surface area (Å²) in [6.45, 7) is 1.93. The first-order valence-electron chi connectivity index (χ1n) is 3.25. The Morgan fingerprint density at radius 2 is 1.27 bits per heavy atom. The van der Waals surface area contributed by atoms with Crippen molar-refractivity contribution in [1.82, 2.24) is 0 Å². The first-order chi connectivity index (χ1) is 5.20. The molecule has 0 radical (unpaired) electrons. The van der Waals surface area contributed by atoms with E-state index < -0.39 is 0 Å². The van der Waals surface area contributed by atoms with E-state index in [0.29, 0.717) is 0 Å². The third kappa shape index (κ3) is 5.24. The molecule has 3 nitrogen and oxygen atoms in total. The number of hydrogen-bond donors (Lipinski definition) is 1. The van der Waals surface area contributed by atoms with Crippen molar-refractivity contribution in [2.24, 2.45) is 0 Å². The molecule has 1 aliphatic carbocycles. The molecule has 1 N–H and O–H groups in total. The summed E-state index contributed by atoms with van der Waals surface area (Å²) in [6.07, 6.45) is 5.01. The molecule has 11 heavy (non-hydrogen) atoms. The van der Waals surface area contributed by atoms with E-state index in [-0.39, 0.29) is 18.2 Å². The molecule has 0 unspecified atom stereocenters. The zero-order valence-corrected chi connectivity index (χ0v) is 6.28. The molecule has 3 heteroatoms. The number of aliphatic hydroxyl groups is 1. The first kappa shape index (κ1) is 9.78. The van der Waals surface area contributed by atoms with Crippen molar-refractivity contribution in [3.8, 4) is 0 Å². The molecule has 0 saturated carbocycles. The van der Waals surface area contributed by atoms with E-state index in [9.17, 15) is 9.59 Å². The summed E-state index contributed by atoms with van der Waals surface area (Å²) in [5.74, 6) is -0.241. The summed E-state index contributed by atoms with van der Waals surface area (Å²) < 4.78 is 0. The molecule has 0 fully saturated rings. The lowest BCUT2D eigenvalue weighted by molar-refractivity contribution is -0.113. The summed E-state index contributed by atoms with van der Waals surface area (Å²) in [5.41, 5.74) is 0. The molecular formula is C8H10O3. The fourth-order valence-electron chi connectivity index (χ4n) is 0.440. The number of allylic oxidation sites excluding steroid dienone is 4. The summed E-state index contributed by atoms with van der Waals surface area (Å²) >= 11 is 0. The Kier molecular flexibility index (Phi) is 4.94. The molecule has 0 aromatic heterocycles. The lowest BCUT2D eigenvalue weighted by Gasteiger charge is -1.87. The van der Waals surface area contributed by atoms with Gasteiger partial charge in [0.1, 0.15) is 0 Å². The molecule has 0 heterocycles. The van der Waals surface area contributed by atoms with Gasteiger partial charge in [0.25, 0.3) is 0 Å². The van der Waals surface area contributed by atoms with Crippen molar-refractivity contribution in [3.05, 3.63) is 24.3 Å². The number of rotatable bonds is 0. The molecule has 0 aromatic carbocycles. The van der Waals surface area contributed by atoms with Crippen molar-refractivity contribution in [1.29, 1.82) is 0 Å². The maximum Gasteiger partial charge on any atom is 0.178 e. The van der Waals surface area contributed by atoms with Gasteiger partial charge in [-0.25, -0.2) is 0 Å². The Hall–Kier alpha value is -1.22. The van der Waals surface area contributed by atoms with Crippen LogP contribution in [-0.4, -0.2) is 23.3 Å². The molecular weight excluding hydrogens is 144 g/mol. The van der Waals surface area contributed by atoms with E-state index in [1.165, 1.54) is 24.3 Å². The van der Waals surface area contributed by atoms with Gasteiger partial charge in [-0.1, -0.05) is 0 Å². The minimum atomic E-state index is -0.121. The summed E-state index contributed by atoms with van der Waals surface area (Å²) in [7, 11) is 0. The average Bonchev–Trinajstić information content (AvgIpc) is 1.97. The van der Waals surface area contributed by atoms with Crippen LogP contribution < -0.4 is 0 Å². The van der Waals surface area contributed by atoms with Crippen molar-refractivity contribution >= 4 is 11.6 Å². The number of carbonyl (C=O) groups excluding carboxylic acids is 2. The minimum absolute atomic E-state index is 0.121. The second kappa shape index (κ2) is 5.56. The smallest absolute Gasteiger partial charge is 0.178 e. The second-order valence-electron chi connectivity index (χ2n) is 1.79. The van der Waals surface area contributed by atoms with Crippen molar-refractivity contribution in [3.63, 3.8) is 0 Å². The topological polar surface area (TPSA) is 54.4 Å². The Balaban J connectivity index is 0.000000292. The van der Waals surface area contributed by atoms with Crippen molar-refractivity contribution in [2.75, 3.05) is 6.61 Å². The summed E-state index contributed by atoms with van der Waals surface area (Å²) in [4.78, 5) is 20.6. The Bertz CT molecular complexity index is 163. The maximum atomic E-state index is 10.3. The van der Waals surface area contributed by atoms with Crippen LogP contribution >= 0.6 is 0 Å². The zero-order chi connectivity index (χ0) is 8.69. The number of ketones is 2. The molecule has 1 aliphatic rings. The van der Waals surface area contributed by atoms with Crippen LogP contribution in [0.3, 0.4) is 0 Å². The third-order valence-corrected chi connectivity index (χ3v) is 0.824. The highest BCUT2D eigenvalue weighted by atomic mass is 16.2.